The summed E-state index contributed by atoms with van der Waals surface area (Å²) in [5.74, 6) is -0.150. The molecule has 2 amide bonds. The van der Waals surface area contributed by atoms with Gasteiger partial charge in [0.15, 0.2) is 6.61 Å². The number of hydrogen-bond donors (Lipinski definition) is 1. The lowest BCUT2D eigenvalue weighted by Gasteiger charge is -2.34. The first-order valence-electron chi connectivity index (χ1n) is 10.1. The highest BCUT2D eigenvalue weighted by atomic mass is 16.5. The molecule has 0 bridgehead atoms. The number of rotatable bonds is 6. The number of carbonyl (C=O) groups is 3. The minimum atomic E-state index is -0.609. The van der Waals surface area contributed by atoms with E-state index in [0.29, 0.717) is 24.9 Å². The van der Waals surface area contributed by atoms with E-state index in [1.807, 2.05) is 42.5 Å². The van der Waals surface area contributed by atoms with Gasteiger partial charge in [0.1, 0.15) is 6.54 Å². The zero-order valence-electron chi connectivity index (χ0n) is 17.0. The van der Waals surface area contributed by atoms with Gasteiger partial charge in [-0.05, 0) is 34.6 Å². The van der Waals surface area contributed by atoms with E-state index in [1.165, 1.54) is 0 Å². The number of piperidine rings is 1. The molecule has 1 aliphatic rings. The van der Waals surface area contributed by atoms with Gasteiger partial charge in [0, 0.05) is 13.1 Å². The van der Waals surface area contributed by atoms with Crippen LogP contribution < -0.4 is 5.32 Å². The highest BCUT2D eigenvalue weighted by Gasteiger charge is 2.25. The summed E-state index contributed by atoms with van der Waals surface area (Å²) in [6.45, 7) is 5.10. The van der Waals surface area contributed by atoms with Crippen LogP contribution in [-0.2, 0) is 25.5 Å². The fourth-order valence-corrected chi connectivity index (χ4v) is 4.00. The second kappa shape index (κ2) is 9.54. The molecule has 1 fully saturated rings. The molecule has 6 nitrogen and oxygen atoms in total. The molecule has 0 spiro atoms. The van der Waals surface area contributed by atoms with Gasteiger partial charge in [0.05, 0.1) is 6.42 Å². The molecule has 1 heterocycles. The number of nitrogens with one attached hydrogen (secondary N) is 1. The van der Waals surface area contributed by atoms with Crippen LogP contribution in [0.15, 0.2) is 42.5 Å². The van der Waals surface area contributed by atoms with E-state index in [2.05, 4.69) is 19.2 Å². The number of likely N-dealkylation sites (tertiary alicyclic amines) is 1. The van der Waals surface area contributed by atoms with Gasteiger partial charge < -0.3 is 15.0 Å². The number of amides is 2. The van der Waals surface area contributed by atoms with Crippen molar-refractivity contribution in [3.63, 3.8) is 0 Å². The molecule has 29 heavy (non-hydrogen) atoms. The Balaban J connectivity index is 1.43. The number of nitrogens with zero attached hydrogens (tertiary/aromatic N) is 1. The van der Waals surface area contributed by atoms with Crippen molar-refractivity contribution in [2.75, 3.05) is 26.2 Å². The van der Waals surface area contributed by atoms with Crippen molar-refractivity contribution in [2.24, 2.45) is 11.8 Å². The molecule has 0 aromatic heterocycles. The molecule has 1 saturated heterocycles. The van der Waals surface area contributed by atoms with Gasteiger partial charge in [-0.3, -0.25) is 14.4 Å². The third-order valence-electron chi connectivity index (χ3n) is 5.24. The third kappa shape index (κ3) is 5.79. The first kappa shape index (κ1) is 20.8. The molecule has 6 heteroatoms. The maximum Gasteiger partial charge on any atom is 0.325 e. The summed E-state index contributed by atoms with van der Waals surface area (Å²) in [6.07, 6.45) is 1.28. The van der Waals surface area contributed by atoms with Crippen molar-refractivity contribution in [3.05, 3.63) is 48.0 Å². The molecule has 0 aliphatic carbocycles. The zero-order chi connectivity index (χ0) is 20.8. The Morgan fingerprint density at radius 3 is 2.48 bits per heavy atom. The van der Waals surface area contributed by atoms with Crippen LogP contribution in [0.1, 0.15) is 25.8 Å². The number of hydrogen-bond acceptors (Lipinski definition) is 4. The molecule has 2 aromatic carbocycles. The van der Waals surface area contributed by atoms with Gasteiger partial charge in [-0.25, -0.2) is 0 Å². The van der Waals surface area contributed by atoms with Crippen LogP contribution in [0.4, 0.5) is 0 Å². The van der Waals surface area contributed by atoms with Crippen molar-refractivity contribution in [1.29, 1.82) is 0 Å². The molecule has 3 rings (SSSR count). The molecule has 2 atom stereocenters. The van der Waals surface area contributed by atoms with Crippen LogP contribution in [0.3, 0.4) is 0 Å². The maximum absolute atomic E-state index is 12.3. The second-order valence-corrected chi connectivity index (χ2v) is 8.00. The van der Waals surface area contributed by atoms with Crippen molar-refractivity contribution >= 4 is 28.6 Å². The lowest BCUT2D eigenvalue weighted by molar-refractivity contribution is -0.152. The van der Waals surface area contributed by atoms with E-state index >= 15 is 0 Å². The van der Waals surface area contributed by atoms with Crippen molar-refractivity contribution in [1.82, 2.24) is 10.2 Å². The molecule has 0 unspecified atom stereocenters. The Kier molecular flexibility index (Phi) is 6.86. The lowest BCUT2D eigenvalue weighted by atomic mass is 9.92. The first-order chi connectivity index (χ1) is 13.9. The topological polar surface area (TPSA) is 75.7 Å². The van der Waals surface area contributed by atoms with Crippen LogP contribution in [0.25, 0.3) is 10.8 Å². The summed E-state index contributed by atoms with van der Waals surface area (Å²) in [5.41, 5.74) is 0.900. The Morgan fingerprint density at radius 2 is 1.72 bits per heavy atom. The van der Waals surface area contributed by atoms with Crippen LogP contribution in [-0.4, -0.2) is 48.9 Å². The van der Waals surface area contributed by atoms with Crippen molar-refractivity contribution in [2.45, 2.75) is 26.7 Å². The molecule has 1 aliphatic heterocycles. The highest BCUT2D eigenvalue weighted by molar-refractivity contribution is 5.91. The third-order valence-corrected chi connectivity index (χ3v) is 5.24. The van der Waals surface area contributed by atoms with Gasteiger partial charge in [-0.15, -0.1) is 0 Å². The quantitative estimate of drug-likeness (QED) is 0.762. The summed E-state index contributed by atoms with van der Waals surface area (Å²) < 4.78 is 5.05. The summed E-state index contributed by atoms with van der Waals surface area (Å²) in [5, 5.41) is 4.66. The average molecular weight is 396 g/mol. The van der Waals surface area contributed by atoms with E-state index in [4.69, 9.17) is 4.74 Å². The fraction of sp³-hybridized carbons (Fsp3) is 0.435. The monoisotopic (exact) mass is 396 g/mol. The number of fused-ring (bicyclic) bond motifs is 1. The number of esters is 1. The minimum absolute atomic E-state index is 0.178. The smallest absolute Gasteiger partial charge is 0.325 e. The van der Waals surface area contributed by atoms with E-state index in [-0.39, 0.29) is 31.4 Å². The SMILES string of the molecule is C[C@@H]1C[C@@H](C)CN(C(=O)COC(=O)CNC(=O)Cc2cccc3ccccc23)C1. The average Bonchev–Trinajstić information content (AvgIpc) is 2.70. The molecule has 1 N–H and O–H groups in total. The molecule has 0 radical (unpaired) electrons. The Hall–Kier alpha value is -2.89. The van der Waals surface area contributed by atoms with Gasteiger partial charge >= 0.3 is 5.97 Å². The maximum atomic E-state index is 12.3. The molecule has 0 saturated carbocycles. The lowest BCUT2D eigenvalue weighted by Crippen LogP contribution is -2.44. The normalized spacial score (nSPS) is 19.0. The van der Waals surface area contributed by atoms with Gasteiger partial charge in [0.25, 0.3) is 5.91 Å². The summed E-state index contributed by atoms with van der Waals surface area (Å²) in [7, 11) is 0. The predicted molar refractivity (Wildman–Crippen MR) is 111 cm³/mol. The molecular weight excluding hydrogens is 368 g/mol. The Labute approximate surface area is 171 Å². The number of ether oxygens (including phenoxy) is 1. The van der Waals surface area contributed by atoms with Crippen molar-refractivity contribution in [3.8, 4) is 0 Å². The molecule has 154 valence electrons. The van der Waals surface area contributed by atoms with E-state index in [0.717, 1.165) is 22.8 Å². The molecule has 2 aromatic rings. The largest absolute Gasteiger partial charge is 0.454 e. The Morgan fingerprint density at radius 1 is 1.03 bits per heavy atom. The summed E-state index contributed by atoms with van der Waals surface area (Å²) >= 11 is 0. The van der Waals surface area contributed by atoms with Gasteiger partial charge in [0.2, 0.25) is 5.91 Å². The fourth-order valence-electron chi connectivity index (χ4n) is 4.00. The van der Waals surface area contributed by atoms with Crippen molar-refractivity contribution < 1.29 is 19.1 Å². The Bertz CT molecular complexity index is 880. The number of benzene rings is 2. The van der Waals surface area contributed by atoms with Crippen LogP contribution in [0.2, 0.25) is 0 Å². The second-order valence-electron chi connectivity index (χ2n) is 8.00. The summed E-state index contributed by atoms with van der Waals surface area (Å²) in [4.78, 5) is 38.2. The zero-order valence-corrected chi connectivity index (χ0v) is 17.0. The minimum Gasteiger partial charge on any atom is -0.454 e. The van der Waals surface area contributed by atoms with E-state index in [1.54, 1.807) is 4.90 Å². The van der Waals surface area contributed by atoms with Crippen LogP contribution >= 0.6 is 0 Å². The van der Waals surface area contributed by atoms with Crippen LogP contribution in [0.5, 0.6) is 0 Å². The van der Waals surface area contributed by atoms with E-state index in [9.17, 15) is 14.4 Å². The predicted octanol–water partition coefficient (Wildman–Crippen LogP) is 2.55. The standard InChI is InChI=1S/C23H28N2O4/c1-16-10-17(2)14-25(13-16)22(27)15-29-23(28)12-24-21(26)11-19-8-5-7-18-6-3-4-9-20(18)19/h3-9,16-17H,10-15H2,1-2H3,(H,24,26)/t16-,17-/m1/s1. The van der Waals surface area contributed by atoms with Gasteiger partial charge in [-0.2, -0.15) is 0 Å². The molecular formula is C23H28N2O4. The van der Waals surface area contributed by atoms with Crippen LogP contribution in [0, 0.1) is 11.8 Å². The van der Waals surface area contributed by atoms with Gasteiger partial charge in [-0.1, -0.05) is 56.3 Å². The first-order valence-corrected chi connectivity index (χ1v) is 10.1. The van der Waals surface area contributed by atoms with E-state index < -0.39 is 5.97 Å². The number of carbonyl (C=O) groups excluding carboxylic acids is 3. The highest BCUT2D eigenvalue weighted by Crippen LogP contribution is 2.21. The summed E-state index contributed by atoms with van der Waals surface area (Å²) in [6, 6.07) is 13.7.